The van der Waals surface area contributed by atoms with E-state index in [1.165, 1.54) is 12.1 Å². The number of pyridine rings is 1. The van der Waals surface area contributed by atoms with Crippen molar-refractivity contribution in [2.75, 3.05) is 5.32 Å². The Morgan fingerprint density at radius 2 is 1.94 bits per heavy atom. The van der Waals surface area contributed by atoms with Crippen molar-refractivity contribution in [2.45, 2.75) is 63.5 Å². The summed E-state index contributed by atoms with van der Waals surface area (Å²) in [4.78, 5) is 22.2. The lowest BCUT2D eigenvalue weighted by Crippen LogP contribution is -2.28. The van der Waals surface area contributed by atoms with Gasteiger partial charge in [0.2, 0.25) is 0 Å². The number of halogens is 3. The van der Waals surface area contributed by atoms with Crippen molar-refractivity contribution in [1.29, 1.82) is 5.26 Å². The van der Waals surface area contributed by atoms with Gasteiger partial charge in [0.05, 0.1) is 28.5 Å². The first-order valence-corrected chi connectivity index (χ1v) is 10.9. The fourth-order valence-corrected chi connectivity index (χ4v) is 4.39. The van der Waals surface area contributed by atoms with E-state index in [0.717, 1.165) is 18.9 Å². The summed E-state index contributed by atoms with van der Waals surface area (Å²) in [6, 6.07) is 7.41. The van der Waals surface area contributed by atoms with Crippen molar-refractivity contribution in [3.63, 3.8) is 0 Å². The van der Waals surface area contributed by atoms with Crippen LogP contribution in [-0.4, -0.2) is 14.5 Å². The van der Waals surface area contributed by atoms with E-state index in [2.05, 4.69) is 21.4 Å². The Morgan fingerprint density at radius 3 is 2.55 bits per heavy atom. The number of hydrogen-bond acceptors (Lipinski definition) is 5. The van der Waals surface area contributed by atoms with E-state index in [9.17, 15) is 23.2 Å². The van der Waals surface area contributed by atoms with Crippen LogP contribution < -0.4 is 10.9 Å². The number of nitrogens with one attached hydrogen (secondary N) is 1. The average molecular weight is 453 g/mol. The molecule has 3 aromatic rings. The summed E-state index contributed by atoms with van der Waals surface area (Å²) in [5.74, 6) is -0.310. The molecule has 0 aliphatic heterocycles. The van der Waals surface area contributed by atoms with Gasteiger partial charge in [-0.25, -0.2) is 23.1 Å². The third-order valence-corrected chi connectivity index (χ3v) is 6.50. The largest absolute Gasteiger partial charge is 0.363 e. The summed E-state index contributed by atoms with van der Waals surface area (Å²) in [5.41, 5.74) is -0.661. The lowest BCUT2D eigenvalue weighted by molar-refractivity contribution is 0.146. The first-order chi connectivity index (χ1) is 15.8. The molecule has 1 N–H and O–H groups in total. The highest BCUT2D eigenvalue weighted by molar-refractivity contribution is 5.89. The van der Waals surface area contributed by atoms with Gasteiger partial charge in [-0.05, 0) is 45.6 Å². The molecule has 2 saturated carbocycles. The molecule has 5 rings (SSSR count). The lowest BCUT2D eigenvalue weighted by Gasteiger charge is -2.21. The van der Waals surface area contributed by atoms with Crippen molar-refractivity contribution in [1.82, 2.24) is 14.5 Å². The summed E-state index contributed by atoms with van der Waals surface area (Å²) in [7, 11) is 0. The summed E-state index contributed by atoms with van der Waals surface area (Å²) >= 11 is 0. The number of rotatable bonds is 6. The van der Waals surface area contributed by atoms with Gasteiger partial charge in [-0.3, -0.25) is 4.79 Å². The van der Waals surface area contributed by atoms with Crippen LogP contribution in [0.3, 0.4) is 0 Å². The monoisotopic (exact) mass is 453 g/mol. The van der Waals surface area contributed by atoms with Gasteiger partial charge in [-0.1, -0.05) is 18.2 Å². The second-order valence-electron chi connectivity index (χ2n) is 8.93. The maximum atomic E-state index is 14.7. The normalized spacial score (nSPS) is 17.7. The predicted molar refractivity (Wildman–Crippen MR) is 117 cm³/mol. The number of nitrogens with zero attached hydrogens (tertiary/aromatic N) is 4. The first-order valence-electron chi connectivity index (χ1n) is 10.9. The molecule has 0 amide bonds. The Hall–Kier alpha value is -3.41. The van der Waals surface area contributed by atoms with Crippen molar-refractivity contribution >= 4 is 16.7 Å². The van der Waals surface area contributed by atoms with E-state index >= 15 is 0 Å². The number of alkyl halides is 2. The first kappa shape index (κ1) is 21.4. The molecule has 2 fully saturated rings. The van der Waals surface area contributed by atoms with Gasteiger partial charge in [0.1, 0.15) is 23.0 Å². The standard InChI is InChI=1S/C24H22F3N5O/c1-12(15-4-3-5-16(19(15)25)21(26)27)29-22-17-10-18(24(11-28)8-9-24)32(14-6-7-14)23(33)20(17)30-13(2)31-22/h3-5,10,12,14,21H,6-9H2,1-2H3,(H,29,30,31)/t12-/m1/s1. The molecule has 0 spiro atoms. The van der Waals surface area contributed by atoms with Gasteiger partial charge >= 0.3 is 0 Å². The van der Waals surface area contributed by atoms with Gasteiger partial charge in [0, 0.05) is 17.3 Å². The minimum Gasteiger partial charge on any atom is -0.363 e. The molecule has 33 heavy (non-hydrogen) atoms. The number of anilines is 1. The number of hydrogen-bond donors (Lipinski definition) is 1. The fraction of sp³-hybridized carbons (Fsp3) is 0.417. The van der Waals surface area contributed by atoms with Crippen LogP contribution in [0.2, 0.25) is 0 Å². The Bertz CT molecular complexity index is 1370. The highest BCUT2D eigenvalue weighted by Gasteiger charge is 2.49. The van der Waals surface area contributed by atoms with Crippen LogP contribution >= 0.6 is 0 Å². The van der Waals surface area contributed by atoms with E-state index in [4.69, 9.17) is 0 Å². The Morgan fingerprint density at radius 1 is 1.24 bits per heavy atom. The molecule has 6 nitrogen and oxygen atoms in total. The Kier molecular flexibility index (Phi) is 4.92. The molecule has 170 valence electrons. The number of nitriles is 1. The van der Waals surface area contributed by atoms with Gasteiger partial charge in [0.25, 0.3) is 12.0 Å². The molecule has 2 aliphatic carbocycles. The number of aromatic nitrogens is 3. The minimum absolute atomic E-state index is 0.0689. The third-order valence-electron chi connectivity index (χ3n) is 6.50. The van der Waals surface area contributed by atoms with Gasteiger partial charge < -0.3 is 9.88 Å². The molecule has 1 aromatic carbocycles. The fourth-order valence-electron chi connectivity index (χ4n) is 4.39. The second-order valence-corrected chi connectivity index (χ2v) is 8.93. The highest BCUT2D eigenvalue weighted by Crippen LogP contribution is 2.50. The molecule has 9 heteroatoms. The van der Waals surface area contributed by atoms with E-state index < -0.39 is 29.3 Å². The molecule has 0 radical (unpaired) electrons. The van der Waals surface area contributed by atoms with Crippen LogP contribution in [-0.2, 0) is 5.41 Å². The highest BCUT2D eigenvalue weighted by atomic mass is 19.3. The van der Waals surface area contributed by atoms with Crippen LogP contribution in [0.15, 0.2) is 29.1 Å². The smallest absolute Gasteiger partial charge is 0.277 e. The zero-order valence-corrected chi connectivity index (χ0v) is 18.2. The zero-order valence-electron chi connectivity index (χ0n) is 18.2. The van der Waals surface area contributed by atoms with E-state index in [1.54, 1.807) is 24.5 Å². The van der Waals surface area contributed by atoms with Crippen molar-refractivity contribution in [3.8, 4) is 6.07 Å². The summed E-state index contributed by atoms with van der Waals surface area (Å²) in [6.45, 7) is 3.29. The lowest BCUT2D eigenvalue weighted by atomic mass is 10.0. The molecular formula is C24H22F3N5O. The van der Waals surface area contributed by atoms with E-state index in [-0.39, 0.29) is 22.7 Å². The molecule has 0 saturated heterocycles. The van der Waals surface area contributed by atoms with Crippen LogP contribution in [0, 0.1) is 24.1 Å². The number of fused-ring (bicyclic) bond motifs is 1. The molecule has 2 aromatic heterocycles. The van der Waals surface area contributed by atoms with Gasteiger partial charge in [0.15, 0.2) is 0 Å². The molecular weight excluding hydrogens is 431 g/mol. The van der Waals surface area contributed by atoms with E-state index in [1.807, 2.05) is 0 Å². The summed E-state index contributed by atoms with van der Waals surface area (Å²) in [6.07, 6.45) is 0.193. The number of benzene rings is 1. The minimum atomic E-state index is -2.93. The topological polar surface area (TPSA) is 83.6 Å². The molecule has 2 aliphatic rings. The van der Waals surface area contributed by atoms with Crippen molar-refractivity contribution in [2.24, 2.45) is 0 Å². The average Bonchev–Trinajstić information content (AvgIpc) is 3.68. The van der Waals surface area contributed by atoms with Gasteiger partial charge in [-0.15, -0.1) is 0 Å². The molecule has 0 unspecified atom stereocenters. The zero-order chi connectivity index (χ0) is 23.5. The third kappa shape index (κ3) is 3.54. The maximum absolute atomic E-state index is 14.7. The maximum Gasteiger partial charge on any atom is 0.277 e. The van der Waals surface area contributed by atoms with Gasteiger partial charge in [-0.2, -0.15) is 5.26 Å². The van der Waals surface area contributed by atoms with E-state index in [0.29, 0.717) is 35.6 Å². The van der Waals surface area contributed by atoms with Crippen LogP contribution in [0.5, 0.6) is 0 Å². The molecule has 2 heterocycles. The SMILES string of the molecule is Cc1nc(N[C@H](C)c2cccc(C(F)F)c2F)c2cc(C3(C#N)CC3)n(C3CC3)c(=O)c2n1. The summed E-state index contributed by atoms with van der Waals surface area (Å²) in [5, 5.41) is 13.3. The quantitative estimate of drug-likeness (QED) is 0.552. The second kappa shape index (κ2) is 7.58. The Labute approximate surface area is 188 Å². The molecule has 1 atom stereocenters. The van der Waals surface area contributed by atoms with Crippen molar-refractivity contribution in [3.05, 3.63) is 63.1 Å². The predicted octanol–water partition coefficient (Wildman–Crippen LogP) is 5.24. The Balaban J connectivity index is 1.65. The summed E-state index contributed by atoms with van der Waals surface area (Å²) < 4.78 is 42.8. The van der Waals surface area contributed by atoms with Crippen molar-refractivity contribution < 1.29 is 13.2 Å². The number of aryl methyl sites for hydroxylation is 1. The van der Waals surface area contributed by atoms with Crippen LogP contribution in [0.25, 0.3) is 10.9 Å². The van der Waals surface area contributed by atoms with Crippen LogP contribution in [0.4, 0.5) is 19.0 Å². The van der Waals surface area contributed by atoms with Crippen LogP contribution in [0.1, 0.15) is 73.8 Å². The molecule has 0 bridgehead atoms.